The normalized spacial score (nSPS) is 11.1. The van der Waals surface area contributed by atoms with Crippen LogP contribution in [-0.2, 0) is 13.1 Å². The molecular formula is C27H56ClN7O. The fraction of sp³-hybridized carbons (Fsp3) is 0.778. The molecule has 212 valence electrons. The summed E-state index contributed by atoms with van der Waals surface area (Å²) in [7, 11) is 0. The van der Waals surface area contributed by atoms with Crippen molar-refractivity contribution in [1.82, 2.24) is 26.6 Å². The van der Waals surface area contributed by atoms with Gasteiger partial charge in [-0.05, 0) is 127 Å². The molecule has 0 heterocycles. The van der Waals surface area contributed by atoms with Crippen molar-refractivity contribution in [3.05, 3.63) is 29.3 Å². The molecule has 0 fully saturated rings. The van der Waals surface area contributed by atoms with Crippen molar-refractivity contribution in [2.75, 3.05) is 72.1 Å². The third kappa shape index (κ3) is 21.1. The monoisotopic (exact) mass is 529 g/mol. The Balaban J connectivity index is 0.0000122. The molecule has 0 unspecified atom stereocenters. The topological polar surface area (TPSA) is 121 Å². The number of nitrogens with one attached hydrogen (secondary N) is 5. The first-order chi connectivity index (χ1) is 17.2. The van der Waals surface area contributed by atoms with E-state index in [0.717, 1.165) is 123 Å². The highest BCUT2D eigenvalue weighted by atomic mass is 35.5. The maximum atomic E-state index is 6.12. The van der Waals surface area contributed by atoms with Gasteiger partial charge in [-0.15, -0.1) is 12.4 Å². The molecule has 9 N–H and O–H groups in total. The lowest BCUT2D eigenvalue weighted by Crippen LogP contribution is -2.24. The van der Waals surface area contributed by atoms with Gasteiger partial charge >= 0.3 is 0 Å². The molecule has 1 rings (SSSR count). The molecule has 0 aromatic heterocycles. The maximum absolute atomic E-state index is 6.12. The number of hydrogen-bond acceptors (Lipinski definition) is 8. The van der Waals surface area contributed by atoms with Crippen molar-refractivity contribution in [2.45, 2.75) is 59.0 Å². The fourth-order valence-corrected chi connectivity index (χ4v) is 3.64. The molecule has 0 aliphatic heterocycles. The molecule has 0 saturated heterocycles. The molecule has 0 aliphatic rings. The highest BCUT2D eigenvalue weighted by molar-refractivity contribution is 5.85. The van der Waals surface area contributed by atoms with E-state index in [-0.39, 0.29) is 12.4 Å². The second kappa shape index (κ2) is 25.7. The van der Waals surface area contributed by atoms with Gasteiger partial charge in [0.05, 0.1) is 6.61 Å². The van der Waals surface area contributed by atoms with Crippen molar-refractivity contribution in [3.63, 3.8) is 0 Å². The summed E-state index contributed by atoms with van der Waals surface area (Å²) < 4.78 is 6.12. The summed E-state index contributed by atoms with van der Waals surface area (Å²) in [4.78, 5) is 0. The summed E-state index contributed by atoms with van der Waals surface area (Å²) in [5.74, 6) is 1.65. The Labute approximate surface area is 227 Å². The summed E-state index contributed by atoms with van der Waals surface area (Å²) in [5.41, 5.74) is 13.6. The SMILES string of the molecule is CC(C)CNCCCOc1cc(CNCCCNCCCN)cc(CNCCCNCCCN)c1.Cl. The fourth-order valence-electron chi connectivity index (χ4n) is 3.64. The van der Waals surface area contributed by atoms with Crippen molar-refractivity contribution >= 4 is 12.4 Å². The average Bonchev–Trinajstić information content (AvgIpc) is 2.84. The molecule has 0 spiro atoms. The lowest BCUT2D eigenvalue weighted by atomic mass is 10.1. The van der Waals surface area contributed by atoms with Gasteiger partial charge in [-0.25, -0.2) is 0 Å². The minimum Gasteiger partial charge on any atom is -0.494 e. The smallest absolute Gasteiger partial charge is 0.119 e. The summed E-state index contributed by atoms with van der Waals surface area (Å²) in [6.45, 7) is 16.5. The summed E-state index contributed by atoms with van der Waals surface area (Å²) in [5, 5.41) is 17.5. The van der Waals surface area contributed by atoms with E-state index >= 15 is 0 Å². The van der Waals surface area contributed by atoms with Gasteiger partial charge in [0.2, 0.25) is 0 Å². The van der Waals surface area contributed by atoms with Gasteiger partial charge < -0.3 is 42.8 Å². The van der Waals surface area contributed by atoms with Crippen LogP contribution in [0.4, 0.5) is 0 Å². The highest BCUT2D eigenvalue weighted by Gasteiger charge is 2.04. The van der Waals surface area contributed by atoms with Crippen LogP contribution >= 0.6 is 12.4 Å². The lowest BCUT2D eigenvalue weighted by molar-refractivity contribution is 0.306. The second-order valence-electron chi connectivity index (χ2n) is 9.63. The van der Waals surface area contributed by atoms with E-state index < -0.39 is 0 Å². The van der Waals surface area contributed by atoms with Gasteiger partial charge in [0.25, 0.3) is 0 Å². The van der Waals surface area contributed by atoms with E-state index in [1.807, 2.05) is 0 Å². The van der Waals surface area contributed by atoms with Crippen LogP contribution in [0.15, 0.2) is 18.2 Å². The van der Waals surface area contributed by atoms with Gasteiger partial charge in [-0.3, -0.25) is 0 Å². The number of ether oxygens (including phenoxy) is 1. The Kier molecular flexibility index (Phi) is 25.0. The lowest BCUT2D eigenvalue weighted by Gasteiger charge is -2.14. The van der Waals surface area contributed by atoms with E-state index in [9.17, 15) is 0 Å². The molecule has 0 atom stereocenters. The molecule has 0 saturated carbocycles. The number of rotatable bonds is 25. The molecule has 0 amide bonds. The van der Waals surface area contributed by atoms with Crippen LogP contribution in [0.2, 0.25) is 0 Å². The number of benzene rings is 1. The Morgan fingerprint density at radius 2 is 1.11 bits per heavy atom. The van der Waals surface area contributed by atoms with Crippen LogP contribution in [0.25, 0.3) is 0 Å². The van der Waals surface area contributed by atoms with Crippen molar-refractivity contribution in [3.8, 4) is 5.75 Å². The van der Waals surface area contributed by atoms with E-state index in [1.165, 1.54) is 11.1 Å². The van der Waals surface area contributed by atoms with Gasteiger partial charge in [0.1, 0.15) is 5.75 Å². The van der Waals surface area contributed by atoms with Crippen LogP contribution in [0.5, 0.6) is 5.75 Å². The number of nitrogens with two attached hydrogens (primary N) is 2. The zero-order valence-electron chi connectivity index (χ0n) is 23.0. The zero-order chi connectivity index (χ0) is 25.4. The van der Waals surface area contributed by atoms with E-state index in [0.29, 0.717) is 5.92 Å². The molecule has 9 heteroatoms. The summed E-state index contributed by atoms with van der Waals surface area (Å²) in [6.07, 6.45) is 5.30. The van der Waals surface area contributed by atoms with Gasteiger partial charge in [0, 0.05) is 13.1 Å². The Morgan fingerprint density at radius 1 is 0.639 bits per heavy atom. The van der Waals surface area contributed by atoms with Crippen LogP contribution in [0, 0.1) is 5.92 Å². The first-order valence-electron chi connectivity index (χ1n) is 13.8. The minimum atomic E-state index is 0. The molecule has 1 aromatic carbocycles. The molecule has 0 bridgehead atoms. The van der Waals surface area contributed by atoms with Crippen LogP contribution in [0.3, 0.4) is 0 Å². The Hall–Kier alpha value is -0.970. The number of hydrogen-bond donors (Lipinski definition) is 7. The molecule has 0 aliphatic carbocycles. The standard InChI is InChI=1S/C27H55N7O.ClH/c1-24(2)21-32-16-7-17-35-27-19-25(22-33-14-5-12-30-10-3-8-28)18-26(20-27)23-34-15-6-13-31-11-4-9-29;/h18-20,24,30-34H,3-17,21-23,28-29H2,1-2H3;1H. The third-order valence-corrected chi connectivity index (χ3v) is 5.53. The predicted molar refractivity (Wildman–Crippen MR) is 157 cm³/mol. The summed E-state index contributed by atoms with van der Waals surface area (Å²) in [6, 6.07) is 6.65. The van der Waals surface area contributed by atoms with Crippen LogP contribution < -0.4 is 42.8 Å². The van der Waals surface area contributed by atoms with Crippen molar-refractivity contribution in [1.29, 1.82) is 0 Å². The van der Waals surface area contributed by atoms with Gasteiger partial charge in [0.15, 0.2) is 0 Å². The Morgan fingerprint density at radius 3 is 1.61 bits per heavy atom. The molecule has 8 nitrogen and oxygen atoms in total. The first kappa shape index (κ1) is 35.0. The van der Waals surface area contributed by atoms with Crippen LogP contribution in [-0.4, -0.2) is 72.1 Å². The zero-order valence-corrected chi connectivity index (χ0v) is 23.8. The van der Waals surface area contributed by atoms with Crippen LogP contribution in [0.1, 0.15) is 57.1 Å². The first-order valence-corrected chi connectivity index (χ1v) is 13.8. The van der Waals surface area contributed by atoms with E-state index in [2.05, 4.69) is 58.6 Å². The molecule has 36 heavy (non-hydrogen) atoms. The maximum Gasteiger partial charge on any atom is 0.119 e. The summed E-state index contributed by atoms with van der Waals surface area (Å²) >= 11 is 0. The minimum absolute atomic E-state index is 0. The largest absolute Gasteiger partial charge is 0.494 e. The third-order valence-electron chi connectivity index (χ3n) is 5.53. The number of halogens is 1. The average molecular weight is 530 g/mol. The van der Waals surface area contributed by atoms with E-state index in [1.54, 1.807) is 0 Å². The predicted octanol–water partition coefficient (Wildman–Crippen LogP) is 1.96. The second-order valence-corrected chi connectivity index (χ2v) is 9.63. The quantitative estimate of drug-likeness (QED) is 0.0960. The van der Waals surface area contributed by atoms with Gasteiger partial charge in [-0.1, -0.05) is 19.9 Å². The highest BCUT2D eigenvalue weighted by Crippen LogP contribution is 2.18. The molecule has 0 radical (unpaired) electrons. The Bertz CT molecular complexity index is 569. The van der Waals surface area contributed by atoms with E-state index in [4.69, 9.17) is 16.2 Å². The molecule has 1 aromatic rings. The van der Waals surface area contributed by atoms with Crippen molar-refractivity contribution < 1.29 is 4.74 Å². The molecular weight excluding hydrogens is 474 g/mol. The van der Waals surface area contributed by atoms with Crippen molar-refractivity contribution in [2.24, 2.45) is 17.4 Å². The van der Waals surface area contributed by atoms with Gasteiger partial charge in [-0.2, -0.15) is 0 Å².